The predicted molar refractivity (Wildman–Crippen MR) is 146 cm³/mol. The largest absolute Gasteiger partial charge is 0.309 e. The lowest BCUT2D eigenvalue weighted by Gasteiger charge is -2.39. The van der Waals surface area contributed by atoms with Crippen LogP contribution < -0.4 is 0 Å². The summed E-state index contributed by atoms with van der Waals surface area (Å²) in [6.45, 7) is 4.59. The second-order valence-corrected chi connectivity index (χ2v) is 10.3. The van der Waals surface area contributed by atoms with E-state index in [1.165, 1.54) is 66.4 Å². The second kappa shape index (κ2) is 6.52. The van der Waals surface area contributed by atoms with Crippen LogP contribution in [0.25, 0.3) is 38.6 Å². The van der Waals surface area contributed by atoms with Crippen molar-refractivity contribution in [3.8, 4) is 16.8 Å². The van der Waals surface area contributed by atoms with Crippen molar-refractivity contribution in [2.45, 2.75) is 25.2 Å². The Kier molecular flexibility index (Phi) is 3.58. The second-order valence-electron chi connectivity index (χ2n) is 10.3. The number of rotatable bonds is 1. The van der Waals surface area contributed by atoms with E-state index in [1.54, 1.807) is 0 Å². The molecule has 1 aliphatic carbocycles. The quantitative estimate of drug-likeness (QED) is 0.237. The number of para-hydroxylation sites is 3. The third-order valence-corrected chi connectivity index (χ3v) is 8.38. The Balaban J connectivity index is 1.66. The van der Waals surface area contributed by atoms with E-state index in [9.17, 15) is 0 Å². The van der Waals surface area contributed by atoms with Crippen LogP contribution in [0.2, 0.25) is 0 Å². The molecule has 1 nitrogen and oxygen atoms in total. The van der Waals surface area contributed by atoms with Crippen molar-refractivity contribution in [2.24, 2.45) is 0 Å². The third kappa shape index (κ3) is 2.16. The molecule has 1 aliphatic heterocycles. The van der Waals surface area contributed by atoms with Gasteiger partial charge in [0.25, 0.3) is 0 Å². The highest BCUT2D eigenvalue weighted by Crippen LogP contribution is 2.61. The molecule has 0 saturated carbocycles. The summed E-state index contributed by atoms with van der Waals surface area (Å²) in [5, 5.41) is 2.65. The highest BCUT2D eigenvalue weighted by molar-refractivity contribution is 6.12. The molecular formula is C34H25N. The van der Waals surface area contributed by atoms with Gasteiger partial charge in [-0.1, -0.05) is 111 Å². The van der Waals surface area contributed by atoms with E-state index >= 15 is 0 Å². The van der Waals surface area contributed by atoms with Gasteiger partial charge in [-0.3, -0.25) is 0 Å². The van der Waals surface area contributed by atoms with Crippen LogP contribution in [0.3, 0.4) is 0 Å². The topological polar surface area (TPSA) is 4.93 Å². The monoisotopic (exact) mass is 447 g/mol. The maximum atomic E-state index is 2.51. The molecule has 5 aromatic carbocycles. The molecule has 1 spiro atoms. The van der Waals surface area contributed by atoms with Gasteiger partial charge in [-0.15, -0.1) is 0 Å². The van der Waals surface area contributed by atoms with Gasteiger partial charge in [-0.2, -0.15) is 0 Å². The normalized spacial score (nSPS) is 17.2. The number of aromatic nitrogens is 1. The summed E-state index contributed by atoms with van der Waals surface area (Å²) in [5.74, 6) is 0.474. The number of nitrogens with zero attached hydrogens (tertiary/aromatic N) is 1. The van der Waals surface area contributed by atoms with E-state index in [4.69, 9.17) is 0 Å². The molecule has 1 heteroatoms. The predicted octanol–water partition coefficient (Wildman–Crippen LogP) is 8.58. The molecule has 8 rings (SSSR count). The SMILES string of the molecule is CC(C)c1ccc2c(c1)C1(c3ccccc3-2)c2ccccc2-n2c3ccccc3c3cccc1c32. The lowest BCUT2D eigenvalue weighted by Crippen LogP contribution is -2.33. The molecule has 0 radical (unpaired) electrons. The Morgan fingerprint density at radius 3 is 2.14 bits per heavy atom. The van der Waals surface area contributed by atoms with Gasteiger partial charge in [0.1, 0.15) is 0 Å². The number of benzene rings is 5. The lowest BCUT2D eigenvalue weighted by atomic mass is 9.65. The van der Waals surface area contributed by atoms with Crippen LogP contribution in [0, 0.1) is 0 Å². The fourth-order valence-corrected chi connectivity index (χ4v) is 6.94. The van der Waals surface area contributed by atoms with E-state index in [0.29, 0.717) is 5.92 Å². The minimum Gasteiger partial charge on any atom is -0.309 e. The molecule has 0 saturated heterocycles. The zero-order chi connectivity index (χ0) is 23.3. The Hall–Kier alpha value is -4.10. The molecule has 1 atom stereocenters. The van der Waals surface area contributed by atoms with E-state index in [1.807, 2.05) is 0 Å². The van der Waals surface area contributed by atoms with Crippen molar-refractivity contribution in [3.05, 3.63) is 137 Å². The minimum absolute atomic E-state index is 0.336. The minimum atomic E-state index is -0.336. The maximum Gasteiger partial charge on any atom is 0.0754 e. The van der Waals surface area contributed by atoms with Crippen molar-refractivity contribution in [1.29, 1.82) is 0 Å². The molecule has 35 heavy (non-hydrogen) atoms. The fourth-order valence-electron chi connectivity index (χ4n) is 6.94. The summed E-state index contributed by atoms with van der Waals surface area (Å²) in [6.07, 6.45) is 0. The van der Waals surface area contributed by atoms with Crippen molar-refractivity contribution in [3.63, 3.8) is 0 Å². The van der Waals surface area contributed by atoms with E-state index in [2.05, 4.69) is 128 Å². The third-order valence-electron chi connectivity index (χ3n) is 8.38. The molecule has 2 heterocycles. The number of hydrogen-bond donors (Lipinski definition) is 0. The summed E-state index contributed by atoms with van der Waals surface area (Å²) in [4.78, 5) is 0. The Morgan fingerprint density at radius 1 is 0.571 bits per heavy atom. The number of hydrogen-bond acceptors (Lipinski definition) is 0. The fraction of sp³-hybridized carbons (Fsp3) is 0.118. The summed E-state index contributed by atoms with van der Waals surface area (Å²) >= 11 is 0. The Labute approximate surface area is 205 Å². The molecule has 0 N–H and O–H groups in total. The van der Waals surface area contributed by atoms with Gasteiger partial charge in [0.05, 0.1) is 22.1 Å². The van der Waals surface area contributed by atoms with Crippen LogP contribution in [0.5, 0.6) is 0 Å². The first kappa shape index (κ1) is 19.2. The first-order valence-electron chi connectivity index (χ1n) is 12.6. The van der Waals surface area contributed by atoms with Gasteiger partial charge in [0.2, 0.25) is 0 Å². The first-order chi connectivity index (χ1) is 17.2. The molecule has 0 amide bonds. The smallest absolute Gasteiger partial charge is 0.0754 e. The van der Waals surface area contributed by atoms with Crippen molar-refractivity contribution in [1.82, 2.24) is 4.57 Å². The van der Waals surface area contributed by atoms with Crippen LogP contribution in [0.1, 0.15) is 47.6 Å². The Morgan fingerprint density at radius 2 is 1.26 bits per heavy atom. The van der Waals surface area contributed by atoms with Crippen molar-refractivity contribution < 1.29 is 0 Å². The molecule has 1 aromatic heterocycles. The Bertz CT molecular complexity index is 1830. The average Bonchev–Trinajstić information content (AvgIpc) is 3.39. The van der Waals surface area contributed by atoms with Gasteiger partial charge in [-0.05, 0) is 57.0 Å². The molecule has 0 fully saturated rings. The van der Waals surface area contributed by atoms with Gasteiger partial charge in [0, 0.05) is 10.8 Å². The van der Waals surface area contributed by atoms with E-state index < -0.39 is 0 Å². The average molecular weight is 448 g/mol. The highest BCUT2D eigenvalue weighted by atomic mass is 15.0. The van der Waals surface area contributed by atoms with Crippen LogP contribution in [-0.4, -0.2) is 4.57 Å². The summed E-state index contributed by atoms with van der Waals surface area (Å²) < 4.78 is 2.51. The summed E-state index contributed by atoms with van der Waals surface area (Å²) in [7, 11) is 0. The zero-order valence-corrected chi connectivity index (χ0v) is 19.9. The van der Waals surface area contributed by atoms with E-state index in [-0.39, 0.29) is 5.41 Å². The van der Waals surface area contributed by atoms with Crippen LogP contribution in [-0.2, 0) is 5.41 Å². The maximum absolute atomic E-state index is 2.51. The molecule has 166 valence electrons. The van der Waals surface area contributed by atoms with Crippen molar-refractivity contribution >= 4 is 21.8 Å². The van der Waals surface area contributed by atoms with Crippen LogP contribution in [0.15, 0.2) is 109 Å². The van der Waals surface area contributed by atoms with E-state index in [0.717, 1.165) is 0 Å². The van der Waals surface area contributed by atoms with Gasteiger partial charge < -0.3 is 4.57 Å². The van der Waals surface area contributed by atoms with Gasteiger partial charge in [0.15, 0.2) is 0 Å². The zero-order valence-electron chi connectivity index (χ0n) is 19.9. The molecular weight excluding hydrogens is 422 g/mol. The molecule has 0 bridgehead atoms. The number of fused-ring (bicyclic) bond motifs is 12. The first-order valence-corrected chi connectivity index (χ1v) is 12.6. The molecule has 6 aromatic rings. The molecule has 2 aliphatic rings. The van der Waals surface area contributed by atoms with Crippen molar-refractivity contribution in [2.75, 3.05) is 0 Å². The van der Waals surface area contributed by atoms with Crippen LogP contribution >= 0.6 is 0 Å². The molecule has 1 unspecified atom stereocenters. The van der Waals surface area contributed by atoms with Crippen LogP contribution in [0.4, 0.5) is 0 Å². The highest BCUT2D eigenvalue weighted by Gasteiger charge is 2.50. The van der Waals surface area contributed by atoms with Gasteiger partial charge in [-0.25, -0.2) is 0 Å². The summed E-state index contributed by atoms with van der Waals surface area (Å²) in [6, 6.07) is 41.1. The van der Waals surface area contributed by atoms with Gasteiger partial charge >= 0.3 is 0 Å². The summed E-state index contributed by atoms with van der Waals surface area (Å²) in [5.41, 5.74) is 13.2. The standard InChI is InChI=1S/C34H25N/c1-21(2)22-18-19-24-23-10-3-5-13-27(23)34(30(24)20-22)28-14-6-8-17-32(28)35-31-16-7-4-11-25(31)26-12-9-15-29(34)33(26)35/h3-21H,1-2H3. The lowest BCUT2D eigenvalue weighted by molar-refractivity contribution is 0.743.